The van der Waals surface area contributed by atoms with E-state index in [-0.39, 0.29) is 11.9 Å². The van der Waals surface area contributed by atoms with Crippen LogP contribution in [0.15, 0.2) is 59.2 Å². The molecule has 0 aliphatic carbocycles. The highest BCUT2D eigenvalue weighted by molar-refractivity contribution is 6.00. The quantitative estimate of drug-likeness (QED) is 0.349. The van der Waals surface area contributed by atoms with Crippen molar-refractivity contribution in [1.82, 2.24) is 20.1 Å². The third-order valence-electron chi connectivity index (χ3n) is 8.37. The summed E-state index contributed by atoms with van der Waals surface area (Å²) >= 11 is 0. The molecule has 10 heteroatoms. The van der Waals surface area contributed by atoms with Gasteiger partial charge in [-0.25, -0.2) is 9.78 Å². The Balaban J connectivity index is 1.37. The van der Waals surface area contributed by atoms with Crippen LogP contribution in [0.5, 0.6) is 0 Å². The maximum atomic E-state index is 13.8. The third kappa shape index (κ3) is 7.73. The number of aryl methyl sites for hydroxylation is 2. The summed E-state index contributed by atoms with van der Waals surface area (Å²) in [6.45, 7) is 10.2. The second kappa shape index (κ2) is 13.4. The summed E-state index contributed by atoms with van der Waals surface area (Å²) in [6, 6.07) is 13.3. The number of oxazole rings is 1. The molecule has 2 N–H and O–H groups in total. The monoisotopic (exact) mass is 616 g/mol. The number of hydrogen-bond donors (Lipinski definition) is 2. The van der Waals surface area contributed by atoms with Crippen LogP contribution in [0.4, 0.5) is 4.79 Å². The molecule has 2 aliphatic rings. The summed E-state index contributed by atoms with van der Waals surface area (Å²) in [7, 11) is 0. The molecule has 2 aliphatic heterocycles. The molecule has 0 radical (unpaired) electrons. The minimum atomic E-state index is -1.05. The van der Waals surface area contributed by atoms with Gasteiger partial charge < -0.3 is 29.4 Å². The number of aliphatic hydroxyl groups is 1. The van der Waals surface area contributed by atoms with Crippen molar-refractivity contribution < 1.29 is 28.6 Å². The highest BCUT2D eigenvalue weighted by Gasteiger charge is 2.40. The van der Waals surface area contributed by atoms with Gasteiger partial charge in [0.1, 0.15) is 17.9 Å². The normalized spacial score (nSPS) is 19.8. The molecule has 0 bridgehead atoms. The van der Waals surface area contributed by atoms with Crippen LogP contribution in [0.3, 0.4) is 0 Å². The summed E-state index contributed by atoms with van der Waals surface area (Å²) in [5.74, 6) is -0.0733. The summed E-state index contributed by atoms with van der Waals surface area (Å²) in [4.78, 5) is 48.4. The number of carbonyl (C=O) groups excluding carboxylic acids is 3. The molecule has 2 aromatic carbocycles. The highest BCUT2D eigenvalue weighted by Crippen LogP contribution is 2.33. The summed E-state index contributed by atoms with van der Waals surface area (Å²) in [5.41, 5.74) is 2.52. The Hall–Kier alpha value is -4.18. The standard InChI is InChI=1S/C35H44N4O6/c1-22-17-25(20-26(18-22)33(42)38-15-10-14-29(38)32-36-23(2)21-44-32)31(41)37-27(19-24-11-7-6-8-12-24)30(40)28-13-9-16-39(28)34(43)45-35(3,4)5/h6-8,11-12,17-18,20-21,27-30,40H,9-10,13-16,19H2,1-5H3,(H,37,41)/t27?,28-,29+,30-/m0/s1. The van der Waals surface area contributed by atoms with Gasteiger partial charge in [0.25, 0.3) is 11.8 Å². The lowest BCUT2D eigenvalue weighted by Crippen LogP contribution is -2.54. The summed E-state index contributed by atoms with van der Waals surface area (Å²) < 4.78 is 11.2. The van der Waals surface area contributed by atoms with Gasteiger partial charge >= 0.3 is 6.09 Å². The van der Waals surface area contributed by atoms with E-state index in [4.69, 9.17) is 9.15 Å². The third-order valence-corrected chi connectivity index (χ3v) is 8.37. The van der Waals surface area contributed by atoms with Crippen LogP contribution in [0, 0.1) is 13.8 Å². The van der Waals surface area contributed by atoms with Gasteiger partial charge in [-0.15, -0.1) is 0 Å². The maximum absolute atomic E-state index is 13.8. The first-order valence-corrected chi connectivity index (χ1v) is 15.8. The molecule has 2 saturated heterocycles. The molecule has 240 valence electrons. The van der Waals surface area contributed by atoms with E-state index in [1.54, 1.807) is 34.3 Å². The number of carbonyl (C=O) groups is 3. The predicted molar refractivity (Wildman–Crippen MR) is 169 cm³/mol. The van der Waals surface area contributed by atoms with Crippen molar-refractivity contribution in [2.24, 2.45) is 0 Å². The van der Waals surface area contributed by atoms with E-state index in [1.165, 1.54) is 0 Å². The fourth-order valence-electron chi connectivity index (χ4n) is 6.34. The van der Waals surface area contributed by atoms with Gasteiger partial charge in [-0.05, 0) is 96.0 Å². The Bertz CT molecular complexity index is 1510. The highest BCUT2D eigenvalue weighted by atomic mass is 16.6. The van der Waals surface area contributed by atoms with E-state index in [1.807, 2.05) is 65.0 Å². The SMILES string of the molecule is Cc1cc(C(=O)NC(Cc2ccccc2)[C@H](O)[C@@H]2CCCN2C(=O)OC(C)(C)C)cc(C(=O)N2CCC[C@@H]2c2nc(C)co2)c1. The van der Waals surface area contributed by atoms with Crippen molar-refractivity contribution in [3.05, 3.63) is 88.6 Å². The Labute approximate surface area is 264 Å². The van der Waals surface area contributed by atoms with E-state index in [0.29, 0.717) is 42.9 Å². The number of hydrogen-bond acceptors (Lipinski definition) is 7. The number of rotatable bonds is 8. The van der Waals surface area contributed by atoms with Gasteiger partial charge in [0.05, 0.1) is 23.9 Å². The average molecular weight is 617 g/mol. The molecule has 4 atom stereocenters. The molecule has 45 heavy (non-hydrogen) atoms. The van der Waals surface area contributed by atoms with Crippen LogP contribution in [0.2, 0.25) is 0 Å². The maximum Gasteiger partial charge on any atom is 0.410 e. The molecular formula is C35H44N4O6. The van der Waals surface area contributed by atoms with Crippen molar-refractivity contribution >= 4 is 17.9 Å². The summed E-state index contributed by atoms with van der Waals surface area (Å²) in [5, 5.41) is 14.8. The average Bonchev–Trinajstić information content (AvgIpc) is 3.76. The van der Waals surface area contributed by atoms with E-state index in [9.17, 15) is 19.5 Å². The molecule has 1 unspecified atom stereocenters. The Kier molecular flexibility index (Phi) is 9.62. The lowest BCUT2D eigenvalue weighted by atomic mass is 9.94. The van der Waals surface area contributed by atoms with Gasteiger partial charge in [0.2, 0.25) is 5.89 Å². The van der Waals surface area contributed by atoms with E-state index in [0.717, 1.165) is 36.1 Å². The molecule has 3 amide bonds. The topological polar surface area (TPSA) is 125 Å². The zero-order valence-electron chi connectivity index (χ0n) is 26.8. The first-order valence-electron chi connectivity index (χ1n) is 15.8. The molecule has 1 aromatic heterocycles. The number of ether oxygens (including phenoxy) is 1. The molecule has 3 aromatic rings. The van der Waals surface area contributed by atoms with Crippen molar-refractivity contribution in [2.75, 3.05) is 13.1 Å². The fraction of sp³-hybridized carbons (Fsp3) is 0.486. The molecule has 0 spiro atoms. The van der Waals surface area contributed by atoms with Gasteiger partial charge in [0.15, 0.2) is 0 Å². The lowest BCUT2D eigenvalue weighted by Gasteiger charge is -2.35. The lowest BCUT2D eigenvalue weighted by molar-refractivity contribution is -0.00161. The Morgan fingerprint density at radius 1 is 1.02 bits per heavy atom. The van der Waals surface area contributed by atoms with Gasteiger partial charge in [-0.1, -0.05) is 30.3 Å². The smallest absolute Gasteiger partial charge is 0.410 e. The largest absolute Gasteiger partial charge is 0.446 e. The zero-order valence-corrected chi connectivity index (χ0v) is 26.8. The fourth-order valence-corrected chi connectivity index (χ4v) is 6.34. The molecule has 5 rings (SSSR count). The predicted octanol–water partition coefficient (Wildman–Crippen LogP) is 5.37. The number of nitrogens with zero attached hydrogens (tertiary/aromatic N) is 3. The second-order valence-electron chi connectivity index (χ2n) is 13.2. The number of benzene rings is 2. The molecule has 0 saturated carbocycles. The number of likely N-dealkylation sites (tertiary alicyclic amines) is 2. The Morgan fingerprint density at radius 2 is 1.71 bits per heavy atom. The molecular weight excluding hydrogens is 572 g/mol. The van der Waals surface area contributed by atoms with Gasteiger partial charge in [-0.2, -0.15) is 0 Å². The van der Waals surface area contributed by atoms with E-state index < -0.39 is 35.8 Å². The van der Waals surface area contributed by atoms with E-state index in [2.05, 4.69) is 10.3 Å². The van der Waals surface area contributed by atoms with Crippen LogP contribution in [-0.4, -0.2) is 74.7 Å². The van der Waals surface area contributed by atoms with E-state index >= 15 is 0 Å². The van der Waals surface area contributed by atoms with Crippen LogP contribution >= 0.6 is 0 Å². The first-order chi connectivity index (χ1) is 21.4. The first kappa shape index (κ1) is 32.2. The van der Waals surface area contributed by atoms with Crippen molar-refractivity contribution in [2.45, 2.75) is 96.6 Å². The number of nitrogens with one attached hydrogen (secondary N) is 1. The summed E-state index contributed by atoms with van der Waals surface area (Å²) in [6.07, 6.45) is 3.31. The van der Waals surface area contributed by atoms with Crippen molar-refractivity contribution in [3.63, 3.8) is 0 Å². The number of aromatic nitrogens is 1. The Morgan fingerprint density at radius 3 is 2.40 bits per heavy atom. The zero-order chi connectivity index (χ0) is 32.3. The number of amides is 3. The van der Waals surface area contributed by atoms with Crippen LogP contribution in [0.25, 0.3) is 0 Å². The molecule has 2 fully saturated rings. The van der Waals surface area contributed by atoms with Crippen LogP contribution in [0.1, 0.15) is 95.9 Å². The minimum absolute atomic E-state index is 0.189. The van der Waals surface area contributed by atoms with Gasteiger partial charge in [-0.3, -0.25) is 9.59 Å². The molecule has 3 heterocycles. The molecule has 10 nitrogen and oxygen atoms in total. The van der Waals surface area contributed by atoms with Crippen LogP contribution in [-0.2, 0) is 11.2 Å². The number of aliphatic hydroxyl groups excluding tert-OH is 1. The second-order valence-corrected chi connectivity index (χ2v) is 13.2. The minimum Gasteiger partial charge on any atom is -0.446 e. The van der Waals surface area contributed by atoms with Crippen molar-refractivity contribution in [3.8, 4) is 0 Å². The van der Waals surface area contributed by atoms with Crippen molar-refractivity contribution in [1.29, 1.82) is 0 Å². The van der Waals surface area contributed by atoms with Gasteiger partial charge in [0, 0.05) is 24.2 Å². The van der Waals surface area contributed by atoms with Crippen LogP contribution < -0.4 is 5.32 Å².